The van der Waals surface area contributed by atoms with Gasteiger partial charge in [-0.05, 0) is 12.3 Å². The summed E-state index contributed by atoms with van der Waals surface area (Å²) in [5, 5.41) is 11.8. The maximum Gasteiger partial charge on any atom is 0.220 e. The number of hydrogen-bond acceptors (Lipinski definition) is 2. The molecular weight excluding hydrogens is 310 g/mol. The van der Waals surface area contributed by atoms with Gasteiger partial charge in [-0.1, -0.05) is 104 Å². The molecule has 0 aliphatic carbocycles. The summed E-state index contributed by atoms with van der Waals surface area (Å²) < 4.78 is 0. The Morgan fingerprint density at radius 3 is 1.56 bits per heavy atom. The first-order valence-electron chi connectivity index (χ1n) is 11.1. The molecule has 0 radical (unpaired) electrons. The van der Waals surface area contributed by atoms with E-state index < -0.39 is 0 Å². The Labute approximate surface area is 157 Å². The molecule has 0 spiro atoms. The summed E-state index contributed by atoms with van der Waals surface area (Å²) in [7, 11) is 0. The fraction of sp³-hybridized carbons (Fsp3) is 0.955. The molecule has 1 unspecified atom stereocenters. The van der Waals surface area contributed by atoms with Crippen LogP contribution in [-0.4, -0.2) is 24.2 Å². The Balaban J connectivity index is 3.12. The van der Waals surface area contributed by atoms with Gasteiger partial charge in [-0.2, -0.15) is 0 Å². The van der Waals surface area contributed by atoms with E-state index in [1.807, 2.05) is 6.92 Å². The Bertz CT molecular complexity index is 281. The van der Waals surface area contributed by atoms with Crippen LogP contribution < -0.4 is 5.32 Å². The lowest BCUT2D eigenvalue weighted by molar-refractivity contribution is -0.121. The van der Waals surface area contributed by atoms with Crippen molar-refractivity contribution >= 4 is 5.91 Å². The SMILES string of the molecule is CCCCCCCCCCCCCCCCCC(=O)NCC(C)CO. The van der Waals surface area contributed by atoms with Gasteiger partial charge in [-0.3, -0.25) is 4.79 Å². The van der Waals surface area contributed by atoms with Crippen LogP contribution in [0.1, 0.15) is 117 Å². The Morgan fingerprint density at radius 1 is 0.760 bits per heavy atom. The zero-order chi connectivity index (χ0) is 18.6. The summed E-state index contributed by atoms with van der Waals surface area (Å²) in [5.74, 6) is 0.292. The predicted octanol–water partition coefficient (Wildman–Crippen LogP) is 5.99. The van der Waals surface area contributed by atoms with Crippen molar-refractivity contribution in [1.29, 1.82) is 0 Å². The third-order valence-corrected chi connectivity index (χ3v) is 4.97. The van der Waals surface area contributed by atoms with Gasteiger partial charge < -0.3 is 10.4 Å². The van der Waals surface area contributed by atoms with Crippen molar-refractivity contribution in [3.05, 3.63) is 0 Å². The number of carbonyl (C=O) groups is 1. The maximum atomic E-state index is 11.6. The molecule has 3 heteroatoms. The van der Waals surface area contributed by atoms with Crippen LogP contribution in [0.2, 0.25) is 0 Å². The van der Waals surface area contributed by atoms with E-state index in [2.05, 4.69) is 12.2 Å². The summed E-state index contributed by atoms with van der Waals surface area (Å²) in [5.41, 5.74) is 0. The van der Waals surface area contributed by atoms with Gasteiger partial charge in [0.2, 0.25) is 5.91 Å². The molecule has 0 aliphatic heterocycles. The highest BCUT2D eigenvalue weighted by atomic mass is 16.3. The molecule has 1 atom stereocenters. The van der Waals surface area contributed by atoms with E-state index in [1.165, 1.54) is 89.9 Å². The van der Waals surface area contributed by atoms with E-state index in [1.54, 1.807) is 0 Å². The number of amides is 1. The molecule has 0 saturated heterocycles. The van der Waals surface area contributed by atoms with Gasteiger partial charge in [0.05, 0.1) is 0 Å². The van der Waals surface area contributed by atoms with E-state index in [0.717, 1.165) is 6.42 Å². The summed E-state index contributed by atoms with van der Waals surface area (Å²) in [6.45, 7) is 4.94. The number of aliphatic hydroxyl groups excluding tert-OH is 1. The molecule has 0 saturated carbocycles. The molecule has 0 fully saturated rings. The predicted molar refractivity (Wildman–Crippen MR) is 109 cm³/mol. The number of carbonyl (C=O) groups excluding carboxylic acids is 1. The topological polar surface area (TPSA) is 49.3 Å². The minimum atomic E-state index is 0.134. The molecule has 25 heavy (non-hydrogen) atoms. The van der Waals surface area contributed by atoms with Crippen molar-refractivity contribution in [2.45, 2.75) is 117 Å². The second-order valence-electron chi connectivity index (χ2n) is 7.79. The van der Waals surface area contributed by atoms with Crippen molar-refractivity contribution < 1.29 is 9.90 Å². The van der Waals surface area contributed by atoms with Crippen LogP contribution in [0, 0.1) is 5.92 Å². The molecule has 0 aliphatic rings. The first-order valence-corrected chi connectivity index (χ1v) is 11.1. The zero-order valence-corrected chi connectivity index (χ0v) is 17.2. The van der Waals surface area contributed by atoms with E-state index in [0.29, 0.717) is 13.0 Å². The molecule has 0 heterocycles. The van der Waals surface area contributed by atoms with Crippen LogP contribution in [0.3, 0.4) is 0 Å². The summed E-state index contributed by atoms with van der Waals surface area (Å²) in [6.07, 6.45) is 20.9. The van der Waals surface area contributed by atoms with Crippen molar-refractivity contribution in [2.24, 2.45) is 5.92 Å². The van der Waals surface area contributed by atoms with E-state index >= 15 is 0 Å². The normalized spacial score (nSPS) is 12.3. The molecular formula is C22H45NO2. The van der Waals surface area contributed by atoms with Crippen LogP contribution in [0.4, 0.5) is 0 Å². The number of rotatable bonds is 19. The second-order valence-corrected chi connectivity index (χ2v) is 7.79. The minimum Gasteiger partial charge on any atom is -0.396 e. The van der Waals surface area contributed by atoms with E-state index in [4.69, 9.17) is 5.11 Å². The van der Waals surface area contributed by atoms with Crippen molar-refractivity contribution in [2.75, 3.05) is 13.2 Å². The first-order chi connectivity index (χ1) is 12.2. The molecule has 0 aromatic carbocycles. The molecule has 0 rings (SSSR count). The number of aliphatic hydroxyl groups is 1. The smallest absolute Gasteiger partial charge is 0.220 e. The van der Waals surface area contributed by atoms with Gasteiger partial charge in [-0.15, -0.1) is 0 Å². The fourth-order valence-electron chi connectivity index (χ4n) is 3.10. The lowest BCUT2D eigenvalue weighted by atomic mass is 10.0. The monoisotopic (exact) mass is 355 g/mol. The van der Waals surface area contributed by atoms with Gasteiger partial charge in [0.25, 0.3) is 0 Å². The average Bonchev–Trinajstić information content (AvgIpc) is 2.62. The average molecular weight is 356 g/mol. The van der Waals surface area contributed by atoms with Crippen molar-refractivity contribution in [1.82, 2.24) is 5.32 Å². The van der Waals surface area contributed by atoms with E-state index in [-0.39, 0.29) is 18.4 Å². The molecule has 150 valence electrons. The van der Waals surface area contributed by atoms with Gasteiger partial charge in [0.1, 0.15) is 0 Å². The standard InChI is InChI=1S/C22H45NO2/c1-3-4-5-6-7-8-9-10-11-12-13-14-15-16-17-18-22(25)23-19-21(2)20-24/h21,24H,3-20H2,1-2H3,(H,23,25). The molecule has 2 N–H and O–H groups in total. The second kappa shape index (κ2) is 19.8. The van der Waals surface area contributed by atoms with Crippen LogP contribution in [-0.2, 0) is 4.79 Å². The quantitative estimate of drug-likeness (QED) is 0.279. The number of hydrogen-bond donors (Lipinski definition) is 2. The van der Waals surface area contributed by atoms with E-state index in [9.17, 15) is 4.79 Å². The molecule has 3 nitrogen and oxygen atoms in total. The largest absolute Gasteiger partial charge is 0.396 e. The Kier molecular flexibility index (Phi) is 19.3. The lowest BCUT2D eigenvalue weighted by Gasteiger charge is -2.09. The fourth-order valence-corrected chi connectivity index (χ4v) is 3.10. The Morgan fingerprint density at radius 2 is 1.16 bits per heavy atom. The van der Waals surface area contributed by atoms with Gasteiger partial charge in [-0.25, -0.2) is 0 Å². The van der Waals surface area contributed by atoms with Crippen LogP contribution in [0.5, 0.6) is 0 Å². The minimum absolute atomic E-state index is 0.134. The van der Waals surface area contributed by atoms with Gasteiger partial charge in [0.15, 0.2) is 0 Å². The van der Waals surface area contributed by atoms with Crippen LogP contribution in [0.25, 0.3) is 0 Å². The molecule has 1 amide bonds. The lowest BCUT2D eigenvalue weighted by Crippen LogP contribution is -2.29. The maximum absolute atomic E-state index is 11.6. The summed E-state index contributed by atoms with van der Waals surface area (Å²) >= 11 is 0. The summed E-state index contributed by atoms with van der Waals surface area (Å²) in [4.78, 5) is 11.6. The first kappa shape index (κ1) is 24.4. The highest BCUT2D eigenvalue weighted by molar-refractivity contribution is 5.75. The van der Waals surface area contributed by atoms with Crippen LogP contribution in [0.15, 0.2) is 0 Å². The summed E-state index contributed by atoms with van der Waals surface area (Å²) in [6, 6.07) is 0. The number of unbranched alkanes of at least 4 members (excludes halogenated alkanes) is 14. The molecule has 0 aromatic heterocycles. The van der Waals surface area contributed by atoms with Gasteiger partial charge in [0, 0.05) is 19.6 Å². The third-order valence-electron chi connectivity index (χ3n) is 4.97. The Hall–Kier alpha value is -0.570. The highest BCUT2D eigenvalue weighted by Gasteiger charge is 2.04. The third kappa shape index (κ3) is 19.6. The van der Waals surface area contributed by atoms with Crippen molar-refractivity contribution in [3.8, 4) is 0 Å². The van der Waals surface area contributed by atoms with Crippen LogP contribution >= 0.6 is 0 Å². The van der Waals surface area contributed by atoms with Gasteiger partial charge >= 0.3 is 0 Å². The zero-order valence-electron chi connectivity index (χ0n) is 17.2. The highest BCUT2D eigenvalue weighted by Crippen LogP contribution is 2.13. The number of nitrogens with one attached hydrogen (secondary N) is 1. The molecule has 0 aromatic rings. The molecule has 0 bridgehead atoms. The van der Waals surface area contributed by atoms with Crippen molar-refractivity contribution in [3.63, 3.8) is 0 Å².